The molecule has 0 amide bonds. The minimum atomic E-state index is -0.0527. The molecule has 2 heteroatoms. The van der Waals surface area contributed by atoms with Gasteiger partial charge in [-0.05, 0) is 18.6 Å². The van der Waals surface area contributed by atoms with Crippen LogP contribution in [0.2, 0.25) is 0 Å². The van der Waals surface area contributed by atoms with Gasteiger partial charge in [0.2, 0.25) is 0 Å². The van der Waals surface area contributed by atoms with Gasteiger partial charge in [-0.25, -0.2) is 0 Å². The van der Waals surface area contributed by atoms with E-state index in [1.54, 1.807) is 11.8 Å². The van der Waals surface area contributed by atoms with Gasteiger partial charge >= 0.3 is 0 Å². The largest absolute Gasteiger partial charge is 0.392 e. The molecular weight excluding hydrogens is 168 g/mol. The molecule has 1 saturated carbocycles. The van der Waals surface area contributed by atoms with Gasteiger partial charge in [0.1, 0.15) is 0 Å². The molecule has 1 aliphatic rings. The van der Waals surface area contributed by atoms with Crippen LogP contribution >= 0.6 is 11.8 Å². The molecule has 0 spiro atoms. The molecule has 1 unspecified atom stereocenters. The Kier molecular flexibility index (Phi) is 5.08. The lowest BCUT2D eigenvalue weighted by atomic mass is 9.86. The van der Waals surface area contributed by atoms with E-state index < -0.39 is 0 Å². The second-order valence-corrected chi connectivity index (χ2v) is 4.76. The molecule has 0 aromatic heterocycles. The maximum atomic E-state index is 9.58. The van der Waals surface area contributed by atoms with Crippen molar-refractivity contribution in [1.29, 1.82) is 0 Å². The van der Waals surface area contributed by atoms with Crippen LogP contribution in [0.5, 0.6) is 0 Å². The number of hydrogen-bond donors (Lipinski definition) is 1. The van der Waals surface area contributed by atoms with Crippen molar-refractivity contribution in [2.45, 2.75) is 44.6 Å². The zero-order valence-electron chi connectivity index (χ0n) is 7.96. The van der Waals surface area contributed by atoms with Crippen LogP contribution in [0.3, 0.4) is 0 Å². The first-order valence-electron chi connectivity index (χ1n) is 5.00. The van der Waals surface area contributed by atoms with Gasteiger partial charge in [-0.1, -0.05) is 32.1 Å². The summed E-state index contributed by atoms with van der Waals surface area (Å²) in [6.45, 7) is 0. The Balaban J connectivity index is 2.11. The Bertz CT molecular complexity index is 110. The lowest BCUT2D eigenvalue weighted by Gasteiger charge is -2.23. The van der Waals surface area contributed by atoms with Gasteiger partial charge < -0.3 is 5.11 Å². The van der Waals surface area contributed by atoms with Crippen molar-refractivity contribution in [2.75, 3.05) is 12.0 Å². The molecule has 0 heterocycles. The van der Waals surface area contributed by atoms with E-state index in [9.17, 15) is 5.11 Å². The predicted octanol–water partition coefficient (Wildman–Crippen LogP) is 2.68. The third-order valence-electron chi connectivity index (χ3n) is 2.69. The summed E-state index contributed by atoms with van der Waals surface area (Å²) in [5.41, 5.74) is 0. The fourth-order valence-corrected chi connectivity index (χ4v) is 2.59. The molecule has 0 radical (unpaired) electrons. The van der Waals surface area contributed by atoms with E-state index in [1.165, 1.54) is 32.1 Å². The zero-order valence-corrected chi connectivity index (χ0v) is 8.78. The quantitative estimate of drug-likeness (QED) is 0.732. The lowest BCUT2D eigenvalue weighted by Crippen LogP contribution is -2.17. The fourth-order valence-electron chi connectivity index (χ4n) is 2.07. The highest BCUT2D eigenvalue weighted by molar-refractivity contribution is 7.98. The highest BCUT2D eigenvalue weighted by atomic mass is 32.2. The van der Waals surface area contributed by atoms with Gasteiger partial charge in [-0.2, -0.15) is 11.8 Å². The van der Waals surface area contributed by atoms with Crippen molar-refractivity contribution in [3.63, 3.8) is 0 Å². The first-order chi connectivity index (χ1) is 5.83. The highest BCUT2D eigenvalue weighted by Gasteiger charge is 2.16. The molecule has 0 bridgehead atoms. The molecule has 1 rings (SSSR count). The van der Waals surface area contributed by atoms with Gasteiger partial charge in [0.15, 0.2) is 0 Å². The van der Waals surface area contributed by atoms with Crippen LogP contribution in [0, 0.1) is 5.92 Å². The van der Waals surface area contributed by atoms with E-state index in [0.717, 1.165) is 18.1 Å². The van der Waals surface area contributed by atoms with Crippen LogP contribution in [0.4, 0.5) is 0 Å². The van der Waals surface area contributed by atoms with Gasteiger partial charge in [-0.3, -0.25) is 0 Å². The summed E-state index contributed by atoms with van der Waals surface area (Å²) in [4.78, 5) is 0. The Hall–Kier alpha value is 0.310. The van der Waals surface area contributed by atoms with E-state index in [-0.39, 0.29) is 6.10 Å². The van der Waals surface area contributed by atoms with Crippen LogP contribution in [-0.4, -0.2) is 23.2 Å². The summed E-state index contributed by atoms with van der Waals surface area (Å²) in [6, 6.07) is 0. The van der Waals surface area contributed by atoms with Gasteiger partial charge in [0.05, 0.1) is 6.10 Å². The Morgan fingerprint density at radius 2 is 2.00 bits per heavy atom. The smallest absolute Gasteiger partial charge is 0.0633 e. The molecular formula is C10H20OS. The summed E-state index contributed by atoms with van der Waals surface area (Å²) >= 11 is 1.75. The minimum Gasteiger partial charge on any atom is -0.392 e. The molecule has 1 fully saturated rings. The van der Waals surface area contributed by atoms with E-state index in [1.807, 2.05) is 0 Å². The van der Waals surface area contributed by atoms with Crippen molar-refractivity contribution >= 4 is 11.8 Å². The van der Waals surface area contributed by atoms with Crippen molar-refractivity contribution in [3.8, 4) is 0 Å². The first kappa shape index (κ1) is 10.4. The number of rotatable bonds is 4. The fraction of sp³-hybridized carbons (Fsp3) is 1.00. The van der Waals surface area contributed by atoms with Crippen molar-refractivity contribution in [1.82, 2.24) is 0 Å². The number of thioether (sulfide) groups is 1. The molecule has 1 aliphatic carbocycles. The average molecular weight is 188 g/mol. The van der Waals surface area contributed by atoms with Crippen molar-refractivity contribution < 1.29 is 5.11 Å². The van der Waals surface area contributed by atoms with Gasteiger partial charge in [0.25, 0.3) is 0 Å². The molecule has 0 aromatic rings. The van der Waals surface area contributed by atoms with E-state index >= 15 is 0 Å². The van der Waals surface area contributed by atoms with Crippen molar-refractivity contribution in [2.24, 2.45) is 5.92 Å². The highest BCUT2D eigenvalue weighted by Crippen LogP contribution is 2.27. The minimum absolute atomic E-state index is 0.0527. The third-order valence-corrected chi connectivity index (χ3v) is 3.41. The third kappa shape index (κ3) is 3.81. The van der Waals surface area contributed by atoms with Crippen LogP contribution in [-0.2, 0) is 0 Å². The second-order valence-electron chi connectivity index (χ2n) is 3.85. The van der Waals surface area contributed by atoms with E-state index in [0.29, 0.717) is 0 Å². The summed E-state index contributed by atoms with van der Waals surface area (Å²) in [7, 11) is 0. The molecule has 1 atom stereocenters. The number of aliphatic hydroxyl groups excluding tert-OH is 1. The average Bonchev–Trinajstić information content (AvgIpc) is 2.06. The van der Waals surface area contributed by atoms with Gasteiger partial charge in [0, 0.05) is 5.75 Å². The molecule has 72 valence electrons. The molecule has 0 saturated heterocycles. The number of aliphatic hydroxyl groups is 1. The van der Waals surface area contributed by atoms with E-state index in [2.05, 4.69) is 6.26 Å². The normalized spacial score (nSPS) is 22.5. The van der Waals surface area contributed by atoms with E-state index in [4.69, 9.17) is 0 Å². The van der Waals surface area contributed by atoms with Crippen LogP contribution in [0.25, 0.3) is 0 Å². The Morgan fingerprint density at radius 3 is 2.58 bits per heavy atom. The van der Waals surface area contributed by atoms with Crippen molar-refractivity contribution in [3.05, 3.63) is 0 Å². The van der Waals surface area contributed by atoms with Crippen LogP contribution < -0.4 is 0 Å². The summed E-state index contributed by atoms with van der Waals surface area (Å²) in [5, 5.41) is 9.58. The van der Waals surface area contributed by atoms with Crippen LogP contribution in [0.15, 0.2) is 0 Å². The lowest BCUT2D eigenvalue weighted by molar-refractivity contribution is 0.150. The monoisotopic (exact) mass is 188 g/mol. The Labute approximate surface area is 79.9 Å². The molecule has 0 aliphatic heterocycles. The zero-order chi connectivity index (χ0) is 8.81. The maximum absolute atomic E-state index is 9.58. The molecule has 1 nitrogen and oxygen atoms in total. The SMILES string of the molecule is CSCC(O)CC1CCCCC1. The molecule has 0 aromatic carbocycles. The molecule has 12 heavy (non-hydrogen) atoms. The topological polar surface area (TPSA) is 20.2 Å². The number of hydrogen-bond acceptors (Lipinski definition) is 2. The second kappa shape index (κ2) is 5.87. The summed E-state index contributed by atoms with van der Waals surface area (Å²) in [6.07, 6.45) is 9.94. The standard InChI is InChI=1S/C10H20OS/c1-12-8-10(11)7-9-5-3-2-4-6-9/h9-11H,2-8H2,1H3. The maximum Gasteiger partial charge on any atom is 0.0633 e. The first-order valence-corrected chi connectivity index (χ1v) is 6.39. The van der Waals surface area contributed by atoms with Gasteiger partial charge in [-0.15, -0.1) is 0 Å². The predicted molar refractivity (Wildman–Crippen MR) is 55.6 cm³/mol. The van der Waals surface area contributed by atoms with Crippen LogP contribution in [0.1, 0.15) is 38.5 Å². The summed E-state index contributed by atoms with van der Waals surface area (Å²) in [5.74, 6) is 1.73. The Morgan fingerprint density at radius 1 is 1.33 bits per heavy atom. The summed E-state index contributed by atoms with van der Waals surface area (Å²) < 4.78 is 0. The molecule has 1 N–H and O–H groups in total.